The fourth-order valence-electron chi connectivity index (χ4n) is 3.58. The van der Waals surface area contributed by atoms with Crippen molar-refractivity contribution in [3.05, 3.63) is 65.0 Å². The van der Waals surface area contributed by atoms with E-state index in [0.717, 1.165) is 16.0 Å². The van der Waals surface area contributed by atoms with Gasteiger partial charge in [-0.25, -0.2) is 9.18 Å². The molecule has 1 saturated heterocycles. The van der Waals surface area contributed by atoms with E-state index in [-0.39, 0.29) is 13.2 Å². The fourth-order valence-corrected chi connectivity index (χ4v) is 3.58. The number of β-amino-alcohol motifs (C(OH)–C–C–N with tert-alkyl or cyclic N) is 1. The number of benzene rings is 2. The Bertz CT molecular complexity index is 916. The highest BCUT2D eigenvalue weighted by molar-refractivity contribution is 6.07. The number of rotatable bonds is 7. The van der Waals surface area contributed by atoms with Gasteiger partial charge in [0.15, 0.2) is 0 Å². The molecule has 0 unspecified atom stereocenters. The first kappa shape index (κ1) is 20.8. The molecule has 3 amide bonds. The van der Waals surface area contributed by atoms with E-state index in [1.54, 1.807) is 6.92 Å². The minimum Gasteiger partial charge on any atom is -0.491 e. The van der Waals surface area contributed by atoms with Gasteiger partial charge in [-0.15, -0.1) is 0 Å². The molecule has 3 rings (SSSR count). The number of urea groups is 1. The van der Waals surface area contributed by atoms with Crippen LogP contribution in [0.3, 0.4) is 0 Å². The molecule has 0 aliphatic carbocycles. The van der Waals surface area contributed by atoms with Crippen LogP contribution in [0.2, 0.25) is 0 Å². The molecule has 29 heavy (non-hydrogen) atoms. The average molecular weight is 400 g/mol. The Balaban J connectivity index is 1.69. The summed E-state index contributed by atoms with van der Waals surface area (Å²) in [5.74, 6) is -0.254. The first-order valence-corrected chi connectivity index (χ1v) is 9.55. The van der Waals surface area contributed by atoms with Crippen molar-refractivity contribution in [1.29, 1.82) is 0 Å². The molecular weight excluding hydrogens is 375 g/mol. The first-order valence-electron chi connectivity index (χ1n) is 9.55. The van der Waals surface area contributed by atoms with Gasteiger partial charge in [0, 0.05) is 0 Å². The van der Waals surface area contributed by atoms with Crippen LogP contribution in [0.25, 0.3) is 0 Å². The number of carbonyl (C=O) groups excluding carboxylic acids is 2. The Hall–Kier alpha value is -2.93. The molecule has 6 nitrogen and oxygen atoms in total. The van der Waals surface area contributed by atoms with Gasteiger partial charge in [-0.1, -0.05) is 36.8 Å². The molecule has 0 aromatic heterocycles. The first-order chi connectivity index (χ1) is 13.8. The van der Waals surface area contributed by atoms with E-state index in [0.29, 0.717) is 17.7 Å². The van der Waals surface area contributed by atoms with Crippen LogP contribution in [-0.4, -0.2) is 41.2 Å². The minimum atomic E-state index is -1.26. The van der Waals surface area contributed by atoms with Crippen molar-refractivity contribution in [2.75, 3.05) is 13.2 Å². The van der Waals surface area contributed by atoms with Gasteiger partial charge in [-0.3, -0.25) is 9.69 Å². The lowest BCUT2D eigenvalue weighted by Crippen LogP contribution is -2.44. The number of halogens is 1. The quantitative estimate of drug-likeness (QED) is 0.701. The predicted octanol–water partition coefficient (Wildman–Crippen LogP) is 3.04. The minimum absolute atomic E-state index is 0.0589. The lowest BCUT2D eigenvalue weighted by Gasteiger charge is -2.26. The molecule has 0 radical (unpaired) electrons. The van der Waals surface area contributed by atoms with Crippen molar-refractivity contribution in [2.24, 2.45) is 0 Å². The van der Waals surface area contributed by atoms with Crippen LogP contribution >= 0.6 is 0 Å². The number of imide groups is 1. The Morgan fingerprint density at radius 2 is 1.86 bits per heavy atom. The third kappa shape index (κ3) is 4.10. The summed E-state index contributed by atoms with van der Waals surface area (Å²) in [7, 11) is 0. The van der Waals surface area contributed by atoms with Gasteiger partial charge in [0.05, 0.1) is 6.54 Å². The maximum atomic E-state index is 13.3. The normalized spacial score (nSPS) is 20.0. The fraction of sp³-hybridized carbons (Fsp3) is 0.364. The Morgan fingerprint density at radius 1 is 1.17 bits per heavy atom. The molecular formula is C22H25FN2O4. The summed E-state index contributed by atoms with van der Waals surface area (Å²) in [5, 5.41) is 13.1. The summed E-state index contributed by atoms with van der Waals surface area (Å²) in [5.41, 5.74) is 1.28. The van der Waals surface area contributed by atoms with E-state index in [1.807, 2.05) is 32.0 Å². The number of carbonyl (C=O) groups is 2. The van der Waals surface area contributed by atoms with Gasteiger partial charge in [0.25, 0.3) is 5.91 Å². The highest BCUT2D eigenvalue weighted by atomic mass is 19.1. The Labute approximate surface area is 169 Å². The molecule has 2 N–H and O–H groups in total. The lowest BCUT2D eigenvalue weighted by atomic mass is 9.87. The van der Waals surface area contributed by atoms with E-state index in [2.05, 4.69) is 5.32 Å². The topological polar surface area (TPSA) is 78.9 Å². The highest BCUT2D eigenvalue weighted by Crippen LogP contribution is 2.32. The van der Waals surface area contributed by atoms with Crippen LogP contribution in [0.4, 0.5) is 9.18 Å². The van der Waals surface area contributed by atoms with Crippen LogP contribution in [0, 0.1) is 19.7 Å². The predicted molar refractivity (Wildman–Crippen MR) is 106 cm³/mol. The van der Waals surface area contributed by atoms with Crippen molar-refractivity contribution in [2.45, 2.75) is 38.8 Å². The summed E-state index contributed by atoms with van der Waals surface area (Å²) in [4.78, 5) is 26.5. The van der Waals surface area contributed by atoms with Gasteiger partial charge < -0.3 is 15.2 Å². The zero-order chi connectivity index (χ0) is 21.2. The highest BCUT2D eigenvalue weighted by Gasteiger charge is 2.51. The van der Waals surface area contributed by atoms with E-state index >= 15 is 0 Å². The monoisotopic (exact) mass is 400 g/mol. The lowest BCUT2D eigenvalue weighted by molar-refractivity contribution is -0.132. The SMILES string of the molecule is CC[C@]1(c2ccc(F)cc2)NC(=O)N(C[C@@H](O)COc2ccc(C)cc2C)C1=O. The number of nitrogens with one attached hydrogen (secondary N) is 1. The smallest absolute Gasteiger partial charge is 0.325 e. The van der Waals surface area contributed by atoms with Crippen molar-refractivity contribution in [3.8, 4) is 5.75 Å². The van der Waals surface area contributed by atoms with Crippen LogP contribution in [0.15, 0.2) is 42.5 Å². The molecule has 2 aromatic carbocycles. The molecule has 1 fully saturated rings. The van der Waals surface area contributed by atoms with E-state index in [9.17, 15) is 19.1 Å². The number of nitrogens with zero attached hydrogens (tertiary/aromatic N) is 1. The summed E-state index contributed by atoms with van der Waals surface area (Å²) < 4.78 is 18.9. The number of amides is 3. The van der Waals surface area contributed by atoms with E-state index in [1.165, 1.54) is 24.3 Å². The number of aryl methyl sites for hydroxylation is 2. The number of aliphatic hydroxyl groups excluding tert-OH is 1. The molecule has 2 atom stereocenters. The average Bonchev–Trinajstić information content (AvgIpc) is 2.93. The largest absolute Gasteiger partial charge is 0.491 e. The zero-order valence-corrected chi connectivity index (χ0v) is 16.7. The third-order valence-electron chi connectivity index (χ3n) is 5.20. The number of hydrogen-bond acceptors (Lipinski definition) is 4. The Morgan fingerprint density at radius 3 is 2.48 bits per heavy atom. The molecule has 0 spiro atoms. The molecule has 1 aliphatic heterocycles. The van der Waals surface area contributed by atoms with Crippen LogP contribution in [0.5, 0.6) is 5.75 Å². The standard InChI is InChI=1S/C22H25FN2O4/c1-4-22(16-6-8-17(23)9-7-16)20(27)25(21(28)24-22)12-18(26)13-29-19-10-5-14(2)11-15(19)3/h5-11,18,26H,4,12-13H2,1-3H3,(H,24,28)/t18-,22-/m1/s1. The van der Waals surface area contributed by atoms with Gasteiger partial charge in [0.2, 0.25) is 0 Å². The van der Waals surface area contributed by atoms with Crippen molar-refractivity contribution >= 4 is 11.9 Å². The molecule has 154 valence electrons. The molecule has 1 aliphatic rings. The van der Waals surface area contributed by atoms with Crippen LogP contribution in [-0.2, 0) is 10.3 Å². The zero-order valence-electron chi connectivity index (χ0n) is 16.7. The van der Waals surface area contributed by atoms with Gasteiger partial charge in [0.1, 0.15) is 29.8 Å². The van der Waals surface area contributed by atoms with E-state index in [4.69, 9.17) is 4.74 Å². The second-order valence-corrected chi connectivity index (χ2v) is 7.35. The summed E-state index contributed by atoms with van der Waals surface area (Å²) in [6.45, 7) is 5.40. The van der Waals surface area contributed by atoms with Gasteiger partial charge in [-0.2, -0.15) is 0 Å². The van der Waals surface area contributed by atoms with Crippen LogP contribution < -0.4 is 10.1 Å². The molecule has 0 saturated carbocycles. The van der Waals surface area contributed by atoms with Crippen molar-refractivity contribution in [1.82, 2.24) is 10.2 Å². The van der Waals surface area contributed by atoms with Gasteiger partial charge >= 0.3 is 6.03 Å². The van der Waals surface area contributed by atoms with Crippen LogP contribution in [0.1, 0.15) is 30.0 Å². The maximum Gasteiger partial charge on any atom is 0.325 e. The molecule has 0 bridgehead atoms. The molecule has 1 heterocycles. The molecule has 7 heteroatoms. The maximum absolute atomic E-state index is 13.3. The third-order valence-corrected chi connectivity index (χ3v) is 5.20. The summed E-state index contributed by atoms with van der Waals surface area (Å²) in [6.07, 6.45) is -0.749. The Kier molecular flexibility index (Phi) is 5.88. The summed E-state index contributed by atoms with van der Waals surface area (Å²) in [6, 6.07) is 10.6. The number of aliphatic hydroxyl groups is 1. The van der Waals surface area contributed by atoms with E-state index < -0.39 is 29.4 Å². The van der Waals surface area contributed by atoms with Crippen molar-refractivity contribution < 1.29 is 23.8 Å². The number of ether oxygens (including phenoxy) is 1. The second kappa shape index (κ2) is 8.21. The summed E-state index contributed by atoms with van der Waals surface area (Å²) >= 11 is 0. The van der Waals surface area contributed by atoms with Gasteiger partial charge in [-0.05, 0) is 49.6 Å². The second-order valence-electron chi connectivity index (χ2n) is 7.35. The van der Waals surface area contributed by atoms with Crippen molar-refractivity contribution in [3.63, 3.8) is 0 Å². The number of hydrogen-bond donors (Lipinski definition) is 2. The molecule has 2 aromatic rings.